The minimum absolute atomic E-state index is 0.223. The second-order valence-electron chi connectivity index (χ2n) is 3.68. The SMILES string of the molecule is Cn1[nH]c(=O)c(=O)nc1Sc1cccc(Cl)c1CO. The standard InChI is InChI=1S/C11H10ClN3O3S/c1-15-11(13-9(17)10(18)14-15)19-8-4-2-3-7(12)6(8)5-16/h2-4,16H,5H2,1H3,(H,14,18). The van der Waals surface area contributed by atoms with Gasteiger partial charge in [-0.05, 0) is 23.9 Å². The molecule has 0 aliphatic heterocycles. The Morgan fingerprint density at radius 1 is 1.47 bits per heavy atom. The smallest absolute Gasteiger partial charge is 0.339 e. The van der Waals surface area contributed by atoms with Gasteiger partial charge in [0, 0.05) is 22.5 Å². The molecule has 100 valence electrons. The van der Waals surface area contributed by atoms with Gasteiger partial charge in [-0.2, -0.15) is 4.98 Å². The maximum absolute atomic E-state index is 11.2. The Hall–Kier alpha value is -1.57. The summed E-state index contributed by atoms with van der Waals surface area (Å²) in [5, 5.41) is 12.4. The summed E-state index contributed by atoms with van der Waals surface area (Å²) in [6.07, 6.45) is 0. The Balaban J connectivity index is 2.48. The molecular formula is C11H10ClN3O3S. The monoisotopic (exact) mass is 299 g/mol. The Morgan fingerprint density at radius 2 is 2.21 bits per heavy atom. The topological polar surface area (TPSA) is 88.0 Å². The van der Waals surface area contributed by atoms with Crippen molar-refractivity contribution in [1.82, 2.24) is 14.8 Å². The molecule has 1 aromatic heterocycles. The number of aliphatic hydroxyl groups excluding tert-OH is 1. The van der Waals surface area contributed by atoms with Crippen molar-refractivity contribution in [3.05, 3.63) is 49.5 Å². The fourth-order valence-corrected chi connectivity index (χ4v) is 2.68. The highest BCUT2D eigenvalue weighted by Gasteiger charge is 2.11. The molecular weight excluding hydrogens is 290 g/mol. The van der Waals surface area contributed by atoms with E-state index in [4.69, 9.17) is 11.6 Å². The van der Waals surface area contributed by atoms with Crippen LogP contribution >= 0.6 is 23.4 Å². The van der Waals surface area contributed by atoms with Gasteiger partial charge in [0.15, 0.2) is 5.16 Å². The summed E-state index contributed by atoms with van der Waals surface area (Å²) in [4.78, 5) is 26.7. The summed E-state index contributed by atoms with van der Waals surface area (Å²) < 4.78 is 1.34. The lowest BCUT2D eigenvalue weighted by Gasteiger charge is -2.10. The molecule has 1 heterocycles. The highest BCUT2D eigenvalue weighted by Crippen LogP contribution is 2.31. The van der Waals surface area contributed by atoms with Gasteiger partial charge in [-0.3, -0.25) is 19.4 Å². The lowest BCUT2D eigenvalue weighted by atomic mass is 10.2. The quantitative estimate of drug-likeness (QED) is 0.817. The third-order valence-corrected chi connectivity index (χ3v) is 3.89. The number of benzene rings is 1. The first-order chi connectivity index (χ1) is 9.02. The number of aromatic nitrogens is 3. The predicted octanol–water partition coefficient (Wildman–Crippen LogP) is 0.765. The number of aryl methyl sites for hydroxylation is 1. The molecule has 0 aliphatic carbocycles. The molecule has 19 heavy (non-hydrogen) atoms. The first-order valence-electron chi connectivity index (χ1n) is 5.26. The average Bonchev–Trinajstić information content (AvgIpc) is 2.36. The molecule has 0 fully saturated rings. The fraction of sp³-hybridized carbons (Fsp3) is 0.182. The largest absolute Gasteiger partial charge is 0.392 e. The van der Waals surface area contributed by atoms with Gasteiger partial charge in [0.05, 0.1) is 6.61 Å². The van der Waals surface area contributed by atoms with Crippen molar-refractivity contribution in [2.45, 2.75) is 16.7 Å². The number of aliphatic hydroxyl groups is 1. The highest BCUT2D eigenvalue weighted by molar-refractivity contribution is 7.99. The van der Waals surface area contributed by atoms with Crippen molar-refractivity contribution in [2.24, 2.45) is 7.05 Å². The van der Waals surface area contributed by atoms with Gasteiger partial charge in [-0.15, -0.1) is 0 Å². The minimum Gasteiger partial charge on any atom is -0.392 e. The number of rotatable bonds is 3. The third-order valence-electron chi connectivity index (χ3n) is 2.38. The molecule has 0 amide bonds. The number of halogens is 1. The predicted molar refractivity (Wildman–Crippen MR) is 71.6 cm³/mol. The molecule has 8 heteroatoms. The molecule has 6 nitrogen and oxygen atoms in total. The molecule has 0 bridgehead atoms. The second kappa shape index (κ2) is 5.60. The second-order valence-corrected chi connectivity index (χ2v) is 5.09. The minimum atomic E-state index is -0.854. The molecule has 0 saturated heterocycles. The molecule has 2 aromatic rings. The molecule has 0 atom stereocenters. The average molecular weight is 300 g/mol. The van der Waals surface area contributed by atoms with Crippen LogP contribution in [0.15, 0.2) is 37.8 Å². The zero-order valence-electron chi connectivity index (χ0n) is 9.88. The maximum Gasteiger partial charge on any atom is 0.339 e. The van der Waals surface area contributed by atoms with Gasteiger partial charge >= 0.3 is 11.1 Å². The van der Waals surface area contributed by atoms with E-state index >= 15 is 0 Å². The van der Waals surface area contributed by atoms with Gasteiger partial charge in [0.1, 0.15) is 0 Å². The molecule has 0 radical (unpaired) electrons. The molecule has 2 rings (SSSR count). The zero-order valence-corrected chi connectivity index (χ0v) is 11.5. The van der Waals surface area contributed by atoms with Crippen LogP contribution in [-0.2, 0) is 13.7 Å². The Labute approximate surface area is 117 Å². The number of nitrogens with zero attached hydrogens (tertiary/aromatic N) is 2. The van der Waals surface area contributed by atoms with Crippen LogP contribution in [0.5, 0.6) is 0 Å². The van der Waals surface area contributed by atoms with Crippen molar-refractivity contribution < 1.29 is 5.11 Å². The fourth-order valence-electron chi connectivity index (χ4n) is 1.44. The van der Waals surface area contributed by atoms with E-state index in [0.717, 1.165) is 11.8 Å². The van der Waals surface area contributed by atoms with Gasteiger partial charge in [0.25, 0.3) is 0 Å². The van der Waals surface area contributed by atoms with Gasteiger partial charge in [0.2, 0.25) is 0 Å². The first kappa shape index (κ1) is 13.9. The van der Waals surface area contributed by atoms with Crippen LogP contribution in [0.1, 0.15) is 5.56 Å². The van der Waals surface area contributed by atoms with Gasteiger partial charge in [-0.1, -0.05) is 17.7 Å². The lowest BCUT2D eigenvalue weighted by Crippen LogP contribution is -2.33. The van der Waals surface area contributed by atoms with Crippen molar-refractivity contribution >= 4 is 23.4 Å². The van der Waals surface area contributed by atoms with E-state index < -0.39 is 11.1 Å². The molecule has 0 spiro atoms. The van der Waals surface area contributed by atoms with E-state index in [1.54, 1.807) is 25.2 Å². The summed E-state index contributed by atoms with van der Waals surface area (Å²) in [6, 6.07) is 5.14. The Kier molecular flexibility index (Phi) is 4.08. The van der Waals surface area contributed by atoms with E-state index in [9.17, 15) is 14.7 Å². The maximum atomic E-state index is 11.2. The number of hydrogen-bond donors (Lipinski definition) is 2. The molecule has 0 unspecified atom stereocenters. The van der Waals surface area contributed by atoms with Gasteiger partial charge in [-0.25, -0.2) is 0 Å². The number of nitrogens with one attached hydrogen (secondary N) is 1. The van der Waals surface area contributed by atoms with E-state index in [2.05, 4.69) is 10.1 Å². The number of hydrogen-bond acceptors (Lipinski definition) is 5. The number of H-pyrrole nitrogens is 1. The van der Waals surface area contributed by atoms with E-state index in [-0.39, 0.29) is 6.61 Å². The lowest BCUT2D eigenvalue weighted by molar-refractivity contribution is 0.279. The van der Waals surface area contributed by atoms with Crippen LogP contribution in [0.25, 0.3) is 0 Å². The van der Waals surface area contributed by atoms with Crippen LogP contribution in [-0.4, -0.2) is 19.9 Å². The van der Waals surface area contributed by atoms with Crippen molar-refractivity contribution in [1.29, 1.82) is 0 Å². The summed E-state index contributed by atoms with van der Waals surface area (Å²) in [5.74, 6) is 0. The van der Waals surface area contributed by atoms with E-state index in [0.29, 0.717) is 20.6 Å². The normalized spacial score (nSPS) is 10.7. The third kappa shape index (κ3) is 2.89. The van der Waals surface area contributed by atoms with Crippen molar-refractivity contribution in [2.75, 3.05) is 0 Å². The summed E-state index contributed by atoms with van der Waals surface area (Å²) in [5.41, 5.74) is -1.08. The Morgan fingerprint density at radius 3 is 2.89 bits per heavy atom. The summed E-state index contributed by atoms with van der Waals surface area (Å²) in [6.45, 7) is -0.223. The van der Waals surface area contributed by atoms with Crippen molar-refractivity contribution in [3.63, 3.8) is 0 Å². The zero-order chi connectivity index (χ0) is 14.0. The summed E-state index contributed by atoms with van der Waals surface area (Å²) in [7, 11) is 1.57. The van der Waals surface area contributed by atoms with Crippen molar-refractivity contribution in [3.8, 4) is 0 Å². The van der Waals surface area contributed by atoms with Crippen LogP contribution in [0.2, 0.25) is 5.02 Å². The Bertz CT molecular complexity index is 726. The van der Waals surface area contributed by atoms with E-state index in [1.165, 1.54) is 4.68 Å². The first-order valence-corrected chi connectivity index (χ1v) is 6.46. The van der Waals surface area contributed by atoms with E-state index in [1.807, 2.05) is 0 Å². The highest BCUT2D eigenvalue weighted by atomic mass is 35.5. The van der Waals surface area contributed by atoms with Crippen LogP contribution < -0.4 is 11.1 Å². The summed E-state index contributed by atoms with van der Waals surface area (Å²) >= 11 is 7.11. The molecule has 1 aromatic carbocycles. The molecule has 0 aliphatic rings. The molecule has 0 saturated carbocycles. The number of aromatic amines is 1. The van der Waals surface area contributed by atoms with Crippen LogP contribution in [0, 0.1) is 0 Å². The molecule has 2 N–H and O–H groups in total. The van der Waals surface area contributed by atoms with Crippen LogP contribution in [0.3, 0.4) is 0 Å². The van der Waals surface area contributed by atoms with Crippen LogP contribution in [0.4, 0.5) is 0 Å². The van der Waals surface area contributed by atoms with Gasteiger partial charge < -0.3 is 5.11 Å².